The Morgan fingerprint density at radius 1 is 0.903 bits per heavy atom. The van der Waals surface area contributed by atoms with E-state index in [1.54, 1.807) is 60.7 Å². The Hall–Kier alpha value is -3.72. The van der Waals surface area contributed by atoms with Gasteiger partial charge in [-0.2, -0.15) is 0 Å². The molecule has 9 heteroatoms. The fourth-order valence-electron chi connectivity index (χ4n) is 3.01. The molecule has 7 nitrogen and oxygen atoms in total. The minimum atomic E-state index is -3.90. The minimum Gasteiger partial charge on any atom is -0.497 e. The molecule has 0 aliphatic carbocycles. The molecule has 0 radical (unpaired) electrons. The van der Waals surface area contributed by atoms with Crippen LogP contribution in [0.15, 0.2) is 77.7 Å². The number of para-hydroxylation sites is 2. The summed E-state index contributed by atoms with van der Waals surface area (Å²) in [6.45, 7) is -0.678. The second-order valence-corrected chi connectivity index (χ2v) is 8.34. The summed E-state index contributed by atoms with van der Waals surface area (Å²) in [5.41, 5.74) is 1.98. The Bertz CT molecular complexity index is 1310. The number of hydrogen-bond donors (Lipinski definition) is 2. The molecular weight excluding hydrogens is 419 g/mol. The molecule has 1 heterocycles. The zero-order valence-electron chi connectivity index (χ0n) is 16.5. The largest absolute Gasteiger partial charge is 0.497 e. The number of methoxy groups -OCH3 is 1. The summed E-state index contributed by atoms with van der Waals surface area (Å²) >= 11 is 0. The number of aromatic nitrogens is 2. The van der Waals surface area contributed by atoms with Gasteiger partial charge in [-0.15, -0.1) is 0 Å². The van der Waals surface area contributed by atoms with Crippen molar-refractivity contribution < 1.29 is 17.5 Å². The highest BCUT2D eigenvalue weighted by Crippen LogP contribution is 2.29. The van der Waals surface area contributed by atoms with E-state index in [9.17, 15) is 12.8 Å². The van der Waals surface area contributed by atoms with Crippen LogP contribution in [0.1, 0.15) is 5.56 Å². The van der Waals surface area contributed by atoms with Crippen LogP contribution in [0.5, 0.6) is 5.75 Å². The number of benzene rings is 3. The van der Waals surface area contributed by atoms with Gasteiger partial charge in [-0.1, -0.05) is 30.3 Å². The molecule has 0 saturated carbocycles. The molecule has 3 aromatic carbocycles. The van der Waals surface area contributed by atoms with Gasteiger partial charge in [0.1, 0.15) is 12.4 Å². The van der Waals surface area contributed by atoms with Crippen LogP contribution in [-0.2, 0) is 16.7 Å². The van der Waals surface area contributed by atoms with Crippen LogP contribution in [0.25, 0.3) is 11.0 Å². The first-order valence-corrected chi connectivity index (χ1v) is 10.8. The molecule has 4 aromatic rings. The highest BCUT2D eigenvalue weighted by molar-refractivity contribution is 7.92. The fourth-order valence-corrected chi connectivity index (χ4v) is 4.04. The first kappa shape index (κ1) is 20.5. The number of nitrogens with one attached hydrogen (secondary N) is 2. The third kappa shape index (κ3) is 4.56. The summed E-state index contributed by atoms with van der Waals surface area (Å²) in [6, 6.07) is 19.9. The van der Waals surface area contributed by atoms with Crippen molar-refractivity contribution in [1.82, 2.24) is 9.97 Å². The lowest BCUT2D eigenvalue weighted by molar-refractivity contribution is 0.412. The van der Waals surface area contributed by atoms with Gasteiger partial charge in [0.05, 0.1) is 23.0 Å². The molecule has 0 unspecified atom stereocenters. The first-order valence-electron chi connectivity index (χ1n) is 9.34. The van der Waals surface area contributed by atoms with Crippen LogP contribution in [0, 0.1) is 0 Å². The van der Waals surface area contributed by atoms with Crippen molar-refractivity contribution in [1.29, 1.82) is 0 Å². The maximum Gasteiger partial charge on any atom is 0.263 e. The van der Waals surface area contributed by atoms with E-state index in [1.807, 2.05) is 0 Å². The second kappa shape index (κ2) is 8.57. The highest BCUT2D eigenvalue weighted by Gasteiger charge is 2.19. The van der Waals surface area contributed by atoms with E-state index in [4.69, 9.17) is 4.74 Å². The molecular formula is C22H19FN4O3S. The summed E-state index contributed by atoms with van der Waals surface area (Å²) < 4.78 is 46.7. The molecule has 158 valence electrons. The predicted molar refractivity (Wildman–Crippen MR) is 118 cm³/mol. The molecule has 0 aliphatic heterocycles. The minimum absolute atomic E-state index is 0.0205. The van der Waals surface area contributed by atoms with Gasteiger partial charge in [0.25, 0.3) is 10.0 Å². The van der Waals surface area contributed by atoms with Crippen molar-refractivity contribution in [3.05, 3.63) is 78.4 Å². The molecule has 0 spiro atoms. The van der Waals surface area contributed by atoms with Crippen LogP contribution >= 0.6 is 0 Å². The van der Waals surface area contributed by atoms with Crippen molar-refractivity contribution in [2.45, 2.75) is 11.6 Å². The molecule has 4 rings (SSSR count). The zero-order chi connectivity index (χ0) is 21.8. The van der Waals surface area contributed by atoms with E-state index < -0.39 is 16.7 Å². The van der Waals surface area contributed by atoms with E-state index in [0.717, 1.165) is 0 Å². The molecule has 0 saturated heterocycles. The number of halogens is 1. The Labute approximate surface area is 179 Å². The topological polar surface area (TPSA) is 93.2 Å². The third-order valence-electron chi connectivity index (χ3n) is 4.47. The van der Waals surface area contributed by atoms with Crippen LogP contribution in [0.2, 0.25) is 0 Å². The molecule has 31 heavy (non-hydrogen) atoms. The number of sulfonamides is 1. The average molecular weight is 438 g/mol. The third-order valence-corrected chi connectivity index (χ3v) is 5.83. The summed E-state index contributed by atoms with van der Waals surface area (Å²) in [6.07, 6.45) is 0. The molecule has 0 fully saturated rings. The van der Waals surface area contributed by atoms with Crippen LogP contribution < -0.4 is 14.8 Å². The van der Waals surface area contributed by atoms with E-state index in [2.05, 4.69) is 20.0 Å². The molecule has 0 bridgehead atoms. The van der Waals surface area contributed by atoms with Gasteiger partial charge in [0, 0.05) is 11.8 Å². The van der Waals surface area contributed by atoms with E-state index in [-0.39, 0.29) is 16.5 Å². The molecule has 1 aromatic heterocycles. The predicted octanol–water partition coefficient (Wildman–Crippen LogP) is 4.65. The van der Waals surface area contributed by atoms with Gasteiger partial charge >= 0.3 is 0 Å². The van der Waals surface area contributed by atoms with Crippen molar-refractivity contribution in [3.63, 3.8) is 0 Å². The maximum atomic E-state index is 13.3. The lowest BCUT2D eigenvalue weighted by Crippen LogP contribution is -2.16. The zero-order valence-corrected chi connectivity index (χ0v) is 17.4. The average Bonchev–Trinajstić information content (AvgIpc) is 2.79. The van der Waals surface area contributed by atoms with Gasteiger partial charge in [-0.05, 0) is 42.0 Å². The number of ether oxygens (including phenoxy) is 1. The van der Waals surface area contributed by atoms with Gasteiger partial charge in [-0.25, -0.2) is 22.8 Å². The van der Waals surface area contributed by atoms with Gasteiger partial charge in [0.15, 0.2) is 11.6 Å². The Kier molecular flexibility index (Phi) is 5.68. The summed E-state index contributed by atoms with van der Waals surface area (Å²) in [5.74, 6) is 0.654. The number of hydrogen-bond acceptors (Lipinski definition) is 6. The molecule has 2 N–H and O–H groups in total. The quantitative estimate of drug-likeness (QED) is 0.436. The van der Waals surface area contributed by atoms with Crippen LogP contribution in [0.3, 0.4) is 0 Å². The monoisotopic (exact) mass is 438 g/mol. The number of nitrogens with zero attached hydrogens (tertiary/aromatic N) is 2. The maximum absolute atomic E-state index is 13.3. The second-order valence-electron chi connectivity index (χ2n) is 6.66. The number of fused-ring (bicyclic) bond motifs is 1. The highest BCUT2D eigenvalue weighted by atomic mass is 32.2. The van der Waals surface area contributed by atoms with E-state index in [0.29, 0.717) is 28.0 Å². The lowest BCUT2D eigenvalue weighted by Gasteiger charge is -2.15. The first-order chi connectivity index (χ1) is 15.0. The Morgan fingerprint density at radius 3 is 2.19 bits per heavy atom. The Morgan fingerprint density at radius 2 is 1.55 bits per heavy atom. The van der Waals surface area contributed by atoms with Crippen LogP contribution in [-0.4, -0.2) is 25.5 Å². The number of rotatable bonds is 7. The van der Waals surface area contributed by atoms with Crippen molar-refractivity contribution in [2.24, 2.45) is 0 Å². The smallest absolute Gasteiger partial charge is 0.263 e. The fraction of sp³-hybridized carbons (Fsp3) is 0.0909. The van der Waals surface area contributed by atoms with Crippen molar-refractivity contribution >= 4 is 38.4 Å². The van der Waals surface area contributed by atoms with Gasteiger partial charge in [-0.3, -0.25) is 4.72 Å². The van der Waals surface area contributed by atoms with E-state index in [1.165, 1.54) is 19.2 Å². The standard InChI is InChI=1S/C22H19FN4O3S/c1-30-17-12-15(14-23)11-16(13-17)24-21-22(26-20-10-6-5-9-19(20)25-21)27-31(28,29)18-7-3-2-4-8-18/h2-13H,14H2,1H3,(H,24,25)(H,26,27). The Balaban J connectivity index is 1.79. The molecule has 0 atom stereocenters. The van der Waals surface area contributed by atoms with Crippen LogP contribution in [0.4, 0.5) is 21.7 Å². The van der Waals surface area contributed by atoms with Crippen molar-refractivity contribution in [3.8, 4) is 5.75 Å². The summed E-state index contributed by atoms with van der Waals surface area (Å²) in [4.78, 5) is 9.07. The summed E-state index contributed by atoms with van der Waals surface area (Å²) in [7, 11) is -2.42. The van der Waals surface area contributed by atoms with Gasteiger partial charge < -0.3 is 10.1 Å². The number of alkyl halides is 1. The lowest BCUT2D eigenvalue weighted by atomic mass is 10.2. The molecule has 0 aliphatic rings. The SMILES string of the molecule is COc1cc(CF)cc(Nc2nc3ccccc3nc2NS(=O)(=O)c2ccccc2)c1. The number of anilines is 3. The van der Waals surface area contributed by atoms with E-state index >= 15 is 0 Å². The molecule has 0 amide bonds. The van der Waals surface area contributed by atoms with Crippen molar-refractivity contribution in [2.75, 3.05) is 17.1 Å². The summed E-state index contributed by atoms with van der Waals surface area (Å²) in [5, 5.41) is 3.04. The van der Waals surface area contributed by atoms with Gasteiger partial charge in [0.2, 0.25) is 0 Å². The normalized spacial score (nSPS) is 11.3.